The van der Waals surface area contributed by atoms with Crippen molar-refractivity contribution >= 4 is 16.9 Å². The number of rotatable bonds is 12. The van der Waals surface area contributed by atoms with Crippen LogP contribution in [0.1, 0.15) is 20.3 Å². The SMILES string of the molecule is CCO[Si](C)(CCOCCCO[Si](C)(C)C)OCC. The largest absolute Gasteiger partial charge is 0.418 e. The van der Waals surface area contributed by atoms with E-state index in [9.17, 15) is 0 Å². The predicted molar refractivity (Wildman–Crippen MR) is 84.4 cm³/mol. The lowest BCUT2D eigenvalue weighted by atomic mass is 10.5. The highest BCUT2D eigenvalue weighted by molar-refractivity contribution is 6.69. The van der Waals surface area contributed by atoms with Gasteiger partial charge in [-0.3, -0.25) is 0 Å². The van der Waals surface area contributed by atoms with Gasteiger partial charge in [0.1, 0.15) is 0 Å². The summed E-state index contributed by atoms with van der Waals surface area (Å²) < 4.78 is 22.9. The zero-order chi connectivity index (χ0) is 14.8. The summed E-state index contributed by atoms with van der Waals surface area (Å²) in [4.78, 5) is 0. The van der Waals surface area contributed by atoms with E-state index in [-0.39, 0.29) is 0 Å². The zero-order valence-electron chi connectivity index (χ0n) is 13.6. The quantitative estimate of drug-likeness (QED) is 0.409. The van der Waals surface area contributed by atoms with Crippen LogP contribution < -0.4 is 0 Å². The van der Waals surface area contributed by atoms with Gasteiger partial charge in [-0.15, -0.1) is 0 Å². The Labute approximate surface area is 121 Å². The summed E-state index contributed by atoms with van der Waals surface area (Å²) in [6.07, 6.45) is 0.964. The van der Waals surface area contributed by atoms with Crippen molar-refractivity contribution in [1.29, 1.82) is 0 Å². The molecule has 0 radical (unpaired) electrons. The molecule has 6 heteroatoms. The van der Waals surface area contributed by atoms with E-state index >= 15 is 0 Å². The monoisotopic (exact) mass is 308 g/mol. The summed E-state index contributed by atoms with van der Waals surface area (Å²) in [7, 11) is -3.36. The molecular formula is C13H32O4Si2. The van der Waals surface area contributed by atoms with E-state index in [4.69, 9.17) is 18.0 Å². The smallest absolute Gasteiger partial charge is 0.337 e. The Bertz CT molecular complexity index is 213. The van der Waals surface area contributed by atoms with Gasteiger partial charge in [0.25, 0.3) is 0 Å². The maximum Gasteiger partial charge on any atom is 0.337 e. The number of ether oxygens (including phenoxy) is 1. The van der Waals surface area contributed by atoms with Crippen molar-refractivity contribution in [2.45, 2.75) is 52.5 Å². The number of hydrogen-bond donors (Lipinski definition) is 0. The minimum Gasteiger partial charge on any atom is -0.418 e. The molecule has 0 unspecified atom stereocenters. The third-order valence-electron chi connectivity index (χ3n) is 2.57. The molecule has 0 aromatic heterocycles. The molecule has 0 fully saturated rings. The van der Waals surface area contributed by atoms with Crippen LogP contribution in [0.3, 0.4) is 0 Å². The molecule has 0 aliphatic carbocycles. The van der Waals surface area contributed by atoms with Gasteiger partial charge in [-0.1, -0.05) is 0 Å². The van der Waals surface area contributed by atoms with E-state index in [0.29, 0.717) is 13.2 Å². The fourth-order valence-electron chi connectivity index (χ4n) is 1.70. The van der Waals surface area contributed by atoms with Crippen LogP contribution in [0.25, 0.3) is 0 Å². The van der Waals surface area contributed by atoms with Crippen LogP contribution in [0.5, 0.6) is 0 Å². The minimum atomic E-state index is -2.00. The summed E-state index contributed by atoms with van der Waals surface area (Å²) >= 11 is 0. The fourth-order valence-corrected chi connectivity index (χ4v) is 4.56. The highest BCUT2D eigenvalue weighted by Crippen LogP contribution is 2.13. The molecule has 19 heavy (non-hydrogen) atoms. The second-order valence-corrected chi connectivity index (χ2v) is 13.5. The Morgan fingerprint density at radius 3 is 1.79 bits per heavy atom. The first-order chi connectivity index (χ1) is 8.83. The van der Waals surface area contributed by atoms with Gasteiger partial charge in [0.15, 0.2) is 8.32 Å². The topological polar surface area (TPSA) is 36.9 Å². The summed E-state index contributed by atoms with van der Waals surface area (Å²) in [5, 5.41) is 0. The van der Waals surface area contributed by atoms with Gasteiger partial charge in [-0.2, -0.15) is 0 Å². The number of hydrogen-bond acceptors (Lipinski definition) is 4. The highest BCUT2D eigenvalue weighted by Gasteiger charge is 2.30. The Kier molecular flexibility index (Phi) is 10.2. The van der Waals surface area contributed by atoms with Crippen molar-refractivity contribution in [2.75, 3.05) is 33.0 Å². The molecule has 0 atom stereocenters. The molecular weight excluding hydrogens is 276 g/mol. The molecule has 0 amide bonds. The van der Waals surface area contributed by atoms with Crippen molar-refractivity contribution in [3.05, 3.63) is 0 Å². The van der Waals surface area contributed by atoms with Gasteiger partial charge in [0, 0.05) is 39.1 Å². The zero-order valence-corrected chi connectivity index (χ0v) is 15.6. The van der Waals surface area contributed by atoms with Crippen LogP contribution in [0, 0.1) is 0 Å². The van der Waals surface area contributed by atoms with E-state index in [1.807, 2.05) is 13.8 Å². The first-order valence-electron chi connectivity index (χ1n) is 7.32. The molecule has 4 nitrogen and oxygen atoms in total. The molecule has 0 aliphatic rings. The van der Waals surface area contributed by atoms with Crippen molar-refractivity contribution in [1.82, 2.24) is 0 Å². The van der Waals surface area contributed by atoms with E-state index in [1.165, 1.54) is 0 Å². The minimum absolute atomic E-state index is 0.715. The maximum atomic E-state index is 5.77. The molecule has 116 valence electrons. The van der Waals surface area contributed by atoms with Gasteiger partial charge < -0.3 is 18.0 Å². The molecule has 0 heterocycles. The Balaban J connectivity index is 3.60. The van der Waals surface area contributed by atoms with Gasteiger partial charge in [-0.25, -0.2) is 0 Å². The molecule has 0 aromatic carbocycles. The second kappa shape index (κ2) is 10.1. The van der Waals surface area contributed by atoms with Gasteiger partial charge >= 0.3 is 8.56 Å². The lowest BCUT2D eigenvalue weighted by Crippen LogP contribution is -2.39. The van der Waals surface area contributed by atoms with Crippen LogP contribution in [0.15, 0.2) is 0 Å². The Morgan fingerprint density at radius 1 is 0.737 bits per heavy atom. The molecule has 0 aliphatic heterocycles. The third-order valence-corrected chi connectivity index (χ3v) is 6.55. The summed E-state index contributed by atoms with van der Waals surface area (Å²) in [6.45, 7) is 16.5. The molecule has 0 aromatic rings. The van der Waals surface area contributed by atoms with Crippen LogP contribution in [-0.4, -0.2) is 49.9 Å². The lowest BCUT2D eigenvalue weighted by Gasteiger charge is -2.25. The lowest BCUT2D eigenvalue weighted by molar-refractivity contribution is 0.116. The molecule has 0 spiro atoms. The predicted octanol–water partition coefficient (Wildman–Crippen LogP) is 3.39. The summed E-state index contributed by atoms with van der Waals surface area (Å²) in [5.41, 5.74) is 0. The summed E-state index contributed by atoms with van der Waals surface area (Å²) in [5.74, 6) is 0. The van der Waals surface area contributed by atoms with Crippen LogP contribution in [0.2, 0.25) is 32.2 Å². The van der Waals surface area contributed by atoms with Crippen molar-refractivity contribution in [2.24, 2.45) is 0 Å². The van der Waals surface area contributed by atoms with Crippen LogP contribution in [-0.2, 0) is 18.0 Å². The molecule has 0 bridgehead atoms. The van der Waals surface area contributed by atoms with Crippen LogP contribution in [0.4, 0.5) is 0 Å². The Hall–Kier alpha value is 0.274. The average Bonchev–Trinajstić information content (AvgIpc) is 2.27. The van der Waals surface area contributed by atoms with E-state index in [1.54, 1.807) is 0 Å². The van der Waals surface area contributed by atoms with E-state index in [0.717, 1.165) is 32.3 Å². The summed E-state index contributed by atoms with van der Waals surface area (Å²) in [6, 6.07) is 0.892. The third kappa shape index (κ3) is 11.8. The van der Waals surface area contributed by atoms with Crippen LogP contribution >= 0.6 is 0 Å². The normalized spacial score (nSPS) is 12.9. The molecule has 0 saturated heterocycles. The molecule has 0 saturated carbocycles. The van der Waals surface area contributed by atoms with E-state index < -0.39 is 16.9 Å². The Morgan fingerprint density at radius 2 is 1.32 bits per heavy atom. The second-order valence-electron chi connectivity index (χ2n) is 5.68. The van der Waals surface area contributed by atoms with E-state index in [2.05, 4.69) is 26.2 Å². The van der Waals surface area contributed by atoms with Gasteiger partial charge in [0.2, 0.25) is 0 Å². The average molecular weight is 309 g/mol. The first-order valence-corrected chi connectivity index (χ1v) is 13.3. The first kappa shape index (κ1) is 19.3. The molecule has 0 rings (SSSR count). The van der Waals surface area contributed by atoms with Gasteiger partial charge in [-0.05, 0) is 46.5 Å². The van der Waals surface area contributed by atoms with Crippen molar-refractivity contribution in [3.63, 3.8) is 0 Å². The van der Waals surface area contributed by atoms with Gasteiger partial charge in [0.05, 0.1) is 0 Å². The van der Waals surface area contributed by atoms with Crippen molar-refractivity contribution < 1.29 is 18.0 Å². The standard InChI is InChI=1S/C13H32O4Si2/c1-7-15-19(6,16-8-2)13-12-14-10-9-11-17-18(3,4)5/h7-13H2,1-6H3. The molecule has 0 N–H and O–H groups in total. The fraction of sp³-hybridized carbons (Fsp3) is 1.00. The highest BCUT2D eigenvalue weighted by atomic mass is 28.4. The van der Waals surface area contributed by atoms with Crippen molar-refractivity contribution in [3.8, 4) is 0 Å². The maximum absolute atomic E-state index is 5.77.